The Hall–Kier alpha value is -2.22. The van der Waals surface area contributed by atoms with Gasteiger partial charge < -0.3 is 0 Å². The molecule has 88 valence electrons. The molecule has 0 aliphatic heterocycles. The van der Waals surface area contributed by atoms with E-state index in [-0.39, 0.29) is 0 Å². The van der Waals surface area contributed by atoms with E-state index in [4.69, 9.17) is 0 Å². The molecule has 3 aromatic rings. The van der Waals surface area contributed by atoms with Gasteiger partial charge in [0.05, 0.1) is 10.9 Å². The van der Waals surface area contributed by atoms with Crippen molar-refractivity contribution < 1.29 is 4.57 Å². The number of aryl methyl sites for hydroxylation is 2. The Morgan fingerprint density at radius 3 is 2.72 bits per heavy atom. The Balaban J connectivity index is 2.30. The first kappa shape index (κ1) is 10.9. The Bertz CT molecular complexity index is 717. The zero-order valence-corrected chi connectivity index (χ0v) is 10.6. The second-order valence-electron chi connectivity index (χ2n) is 4.56. The number of hydrogen-bond donors (Lipinski definition) is 0. The van der Waals surface area contributed by atoms with E-state index in [1.807, 2.05) is 12.3 Å². The molecule has 0 amide bonds. The van der Waals surface area contributed by atoms with Gasteiger partial charge in [-0.1, -0.05) is 18.2 Å². The van der Waals surface area contributed by atoms with Crippen LogP contribution in [0.4, 0.5) is 0 Å². The summed E-state index contributed by atoms with van der Waals surface area (Å²) in [5.41, 5.74) is 4.77. The van der Waals surface area contributed by atoms with E-state index in [0.29, 0.717) is 0 Å². The molecule has 0 aliphatic carbocycles. The third-order valence-electron chi connectivity index (χ3n) is 3.28. The summed E-state index contributed by atoms with van der Waals surface area (Å²) in [4.78, 5) is 4.42. The van der Waals surface area contributed by atoms with Crippen LogP contribution in [0.15, 0.2) is 54.9 Å². The Kier molecular flexibility index (Phi) is 2.56. The van der Waals surface area contributed by atoms with Crippen LogP contribution in [0.2, 0.25) is 0 Å². The van der Waals surface area contributed by atoms with E-state index in [1.165, 1.54) is 16.8 Å². The molecule has 2 aromatic heterocycles. The predicted molar refractivity (Wildman–Crippen MR) is 73.1 cm³/mol. The molecule has 0 bridgehead atoms. The predicted octanol–water partition coefficient (Wildman–Crippen LogP) is 3.03. The van der Waals surface area contributed by atoms with Gasteiger partial charge in [0, 0.05) is 17.8 Å². The third-order valence-corrected chi connectivity index (χ3v) is 3.28. The zero-order chi connectivity index (χ0) is 12.5. The van der Waals surface area contributed by atoms with Gasteiger partial charge in [-0.15, -0.1) is 0 Å². The molecule has 2 heteroatoms. The largest absolute Gasteiger partial charge is 0.256 e. The van der Waals surface area contributed by atoms with Crippen molar-refractivity contribution in [3.05, 3.63) is 60.4 Å². The summed E-state index contributed by atoms with van der Waals surface area (Å²) in [5, 5.41) is 1.16. The molecule has 2 nitrogen and oxygen atoms in total. The van der Waals surface area contributed by atoms with Crippen LogP contribution in [0.3, 0.4) is 0 Å². The number of aromatic nitrogens is 2. The minimum absolute atomic E-state index is 1.04. The zero-order valence-electron chi connectivity index (χ0n) is 10.6. The molecule has 0 radical (unpaired) electrons. The van der Waals surface area contributed by atoms with E-state index >= 15 is 0 Å². The lowest BCUT2D eigenvalue weighted by Gasteiger charge is -2.05. The fraction of sp³-hybridized carbons (Fsp3) is 0.125. The molecular formula is C16H15N2+. The molecular weight excluding hydrogens is 220 g/mol. The summed E-state index contributed by atoms with van der Waals surface area (Å²) in [6, 6.07) is 14.6. The molecule has 0 fully saturated rings. The van der Waals surface area contributed by atoms with Crippen molar-refractivity contribution in [3.8, 4) is 11.3 Å². The molecule has 18 heavy (non-hydrogen) atoms. The average molecular weight is 235 g/mol. The van der Waals surface area contributed by atoms with Crippen LogP contribution in [-0.2, 0) is 7.05 Å². The lowest BCUT2D eigenvalue weighted by Crippen LogP contribution is -2.30. The maximum Gasteiger partial charge on any atom is 0.214 e. The van der Waals surface area contributed by atoms with Gasteiger partial charge in [0.1, 0.15) is 7.05 Å². The summed E-state index contributed by atoms with van der Waals surface area (Å²) < 4.78 is 2.16. The maximum absolute atomic E-state index is 4.42. The molecule has 0 spiro atoms. The van der Waals surface area contributed by atoms with E-state index < -0.39 is 0 Å². The molecule has 0 aliphatic rings. The van der Waals surface area contributed by atoms with Crippen LogP contribution in [-0.4, -0.2) is 4.98 Å². The molecule has 0 unspecified atom stereocenters. The summed E-state index contributed by atoms with van der Waals surface area (Å²) in [5.74, 6) is 0. The minimum Gasteiger partial charge on any atom is -0.256 e. The van der Waals surface area contributed by atoms with Crippen LogP contribution in [0.5, 0.6) is 0 Å². The topological polar surface area (TPSA) is 16.8 Å². The van der Waals surface area contributed by atoms with Crippen molar-refractivity contribution in [2.45, 2.75) is 6.92 Å². The van der Waals surface area contributed by atoms with Gasteiger partial charge in [0.2, 0.25) is 5.69 Å². The fourth-order valence-electron chi connectivity index (χ4n) is 2.30. The van der Waals surface area contributed by atoms with Gasteiger partial charge in [-0.25, -0.2) is 4.57 Å². The lowest BCUT2D eigenvalue weighted by atomic mass is 10.0. The highest BCUT2D eigenvalue weighted by Crippen LogP contribution is 2.22. The van der Waals surface area contributed by atoms with Gasteiger partial charge in [-0.2, -0.15) is 0 Å². The van der Waals surface area contributed by atoms with Gasteiger partial charge >= 0.3 is 0 Å². The Morgan fingerprint density at radius 1 is 1.06 bits per heavy atom. The Morgan fingerprint density at radius 2 is 1.89 bits per heavy atom. The van der Waals surface area contributed by atoms with Crippen molar-refractivity contribution in [1.82, 2.24) is 4.98 Å². The minimum atomic E-state index is 1.04. The second kappa shape index (κ2) is 4.22. The van der Waals surface area contributed by atoms with Gasteiger partial charge in [-0.05, 0) is 30.7 Å². The number of pyridine rings is 2. The molecule has 2 heterocycles. The van der Waals surface area contributed by atoms with Gasteiger partial charge in [-0.3, -0.25) is 4.98 Å². The van der Waals surface area contributed by atoms with Crippen molar-refractivity contribution in [1.29, 1.82) is 0 Å². The van der Waals surface area contributed by atoms with E-state index in [2.05, 4.69) is 66.1 Å². The first-order valence-corrected chi connectivity index (χ1v) is 6.06. The highest BCUT2D eigenvalue weighted by molar-refractivity contribution is 5.80. The quantitative estimate of drug-likeness (QED) is 0.592. The number of rotatable bonds is 1. The summed E-state index contributed by atoms with van der Waals surface area (Å²) in [6.07, 6.45) is 3.97. The number of benzene rings is 1. The smallest absolute Gasteiger partial charge is 0.214 e. The summed E-state index contributed by atoms with van der Waals surface area (Å²) >= 11 is 0. The van der Waals surface area contributed by atoms with Crippen LogP contribution in [0, 0.1) is 6.92 Å². The average Bonchev–Trinajstić information content (AvgIpc) is 2.39. The molecule has 0 saturated carbocycles. The monoisotopic (exact) mass is 235 g/mol. The van der Waals surface area contributed by atoms with Gasteiger partial charge in [0.15, 0.2) is 6.20 Å². The molecule has 0 N–H and O–H groups in total. The first-order chi connectivity index (χ1) is 8.75. The molecule has 1 aromatic carbocycles. The van der Waals surface area contributed by atoms with E-state index in [0.717, 1.165) is 10.9 Å². The van der Waals surface area contributed by atoms with Crippen LogP contribution in [0.25, 0.3) is 22.2 Å². The van der Waals surface area contributed by atoms with E-state index in [1.54, 1.807) is 0 Å². The molecule has 3 rings (SSSR count). The van der Waals surface area contributed by atoms with Crippen LogP contribution >= 0.6 is 0 Å². The SMILES string of the molecule is Cc1ccccc1-c1cc2ncccc2c[n+]1C. The van der Waals surface area contributed by atoms with Crippen molar-refractivity contribution >= 4 is 10.9 Å². The highest BCUT2D eigenvalue weighted by Gasteiger charge is 2.13. The van der Waals surface area contributed by atoms with Crippen molar-refractivity contribution in [2.24, 2.45) is 7.05 Å². The summed E-state index contributed by atoms with van der Waals surface area (Å²) in [7, 11) is 2.08. The maximum atomic E-state index is 4.42. The van der Waals surface area contributed by atoms with Crippen molar-refractivity contribution in [3.63, 3.8) is 0 Å². The van der Waals surface area contributed by atoms with E-state index in [9.17, 15) is 0 Å². The normalized spacial score (nSPS) is 10.8. The molecule has 0 atom stereocenters. The summed E-state index contributed by atoms with van der Waals surface area (Å²) in [6.45, 7) is 2.14. The molecule has 0 saturated heterocycles. The first-order valence-electron chi connectivity index (χ1n) is 6.06. The second-order valence-corrected chi connectivity index (χ2v) is 4.56. The van der Waals surface area contributed by atoms with Crippen LogP contribution < -0.4 is 4.57 Å². The lowest BCUT2D eigenvalue weighted by molar-refractivity contribution is -0.659. The number of nitrogens with zero attached hydrogens (tertiary/aromatic N) is 2. The Labute approximate surface area is 107 Å². The highest BCUT2D eigenvalue weighted by atomic mass is 14.9. The fourth-order valence-corrected chi connectivity index (χ4v) is 2.30. The number of hydrogen-bond acceptors (Lipinski definition) is 1. The van der Waals surface area contributed by atoms with Gasteiger partial charge in [0.25, 0.3) is 0 Å². The third kappa shape index (κ3) is 1.76. The standard InChI is InChI=1S/C16H15N2/c1-12-6-3-4-8-14(12)16-10-15-13(11-18(16)2)7-5-9-17-15/h3-11H,1-2H3/q+1. The van der Waals surface area contributed by atoms with Crippen molar-refractivity contribution in [2.75, 3.05) is 0 Å². The number of fused-ring (bicyclic) bond motifs is 1. The van der Waals surface area contributed by atoms with Crippen LogP contribution in [0.1, 0.15) is 5.56 Å².